The lowest BCUT2D eigenvalue weighted by Gasteiger charge is -2.49. The molecule has 2 unspecified atom stereocenters. The van der Waals surface area contributed by atoms with Crippen LogP contribution in [0.25, 0.3) is 33.3 Å². The Morgan fingerprint density at radius 2 is 1.88 bits per heavy atom. The number of aryl methyl sites for hydroxylation is 1. The van der Waals surface area contributed by atoms with Gasteiger partial charge in [0, 0.05) is 67.0 Å². The number of amides is 3. The maximum atomic E-state index is 15.2. The van der Waals surface area contributed by atoms with Gasteiger partial charge >= 0.3 is 6.17 Å². The largest absolute Gasteiger partial charge is 0.374 e. The van der Waals surface area contributed by atoms with Crippen molar-refractivity contribution in [1.29, 1.82) is 0 Å². The van der Waals surface area contributed by atoms with E-state index in [9.17, 15) is 9.70 Å². The maximum Gasteiger partial charge on any atom is 0.326 e. The molecule has 5 aliphatic rings. The number of hydrogen-bond donors (Lipinski definition) is 2. The number of aromatic nitrogens is 2. The third kappa shape index (κ3) is 7.36. The van der Waals surface area contributed by atoms with E-state index < -0.39 is 40.3 Å². The van der Waals surface area contributed by atoms with E-state index in [1.54, 1.807) is 18.9 Å². The second kappa shape index (κ2) is 16.5. The lowest BCUT2D eigenvalue weighted by atomic mass is 9.67. The number of carbonyl (C=O) groups excluding carboxylic acids is 3. The number of pyridine rings is 1. The van der Waals surface area contributed by atoms with Crippen LogP contribution in [0.4, 0.5) is 0 Å². The van der Waals surface area contributed by atoms with Gasteiger partial charge in [-0.15, -0.1) is 0 Å². The van der Waals surface area contributed by atoms with E-state index in [4.69, 9.17) is 19.3 Å². The maximum absolute atomic E-state index is 15.2. The minimum atomic E-state index is -1.45. The van der Waals surface area contributed by atoms with Crippen molar-refractivity contribution in [3.63, 3.8) is 0 Å². The van der Waals surface area contributed by atoms with Crippen molar-refractivity contribution in [2.24, 2.45) is 16.7 Å². The number of nitrogens with one attached hydrogen (secondary N) is 2. The molecule has 2 N–H and O–H groups in total. The summed E-state index contributed by atoms with van der Waals surface area (Å²) in [7, 11) is 1.72. The Bertz CT molecular complexity index is 2580. The number of likely N-dealkylation sites (tertiary alicyclic amines) is 1. The molecule has 6 heterocycles. The number of hydrogen-bond acceptors (Lipinski definition) is 9. The first-order chi connectivity index (χ1) is 31.0. The molecule has 9 rings (SSSR count). The molecule has 3 saturated heterocycles. The number of carbonyl (C=O) groups is 3. The SMILES string of the molecule is C=CC(=O)N1CC2(CC[C@H]([C@@](C)(C(=O)NC3(C)Cc4cccc(c4)-c4ccc5c(c4)c4c(n5CC)-c5cccnc5[C@@H](OC)C4C(C)(C)CO[N+](=O)[C@@H]4CCCN(N4)C3=O)C(C)C)O2)C1. The summed E-state index contributed by atoms with van der Waals surface area (Å²) in [6, 6.07) is 18.9. The molecule has 0 radical (unpaired) electrons. The van der Waals surface area contributed by atoms with Crippen LogP contribution in [0.1, 0.15) is 103 Å². The Morgan fingerprint density at radius 1 is 1.11 bits per heavy atom. The summed E-state index contributed by atoms with van der Waals surface area (Å²) in [6.45, 7) is 19.8. The van der Waals surface area contributed by atoms with E-state index in [-0.39, 0.29) is 42.6 Å². The van der Waals surface area contributed by atoms with Crippen LogP contribution in [0.15, 0.2) is 73.4 Å². The van der Waals surface area contributed by atoms with Crippen LogP contribution in [0, 0.1) is 21.7 Å². The summed E-state index contributed by atoms with van der Waals surface area (Å²) in [6.07, 6.45) is 3.92. The molecular formula is C51H64N7O7+. The van der Waals surface area contributed by atoms with Gasteiger partial charge in [0.2, 0.25) is 16.7 Å². The van der Waals surface area contributed by atoms with Crippen LogP contribution in [-0.2, 0) is 41.7 Å². The Balaban J connectivity index is 1.13. The number of hydrazine groups is 1. The standard InChI is InChI=1S/C51H63N7O7/c1-10-40(59)55-28-51(29-55)22-21-38(65-51)50(8,31(3)4)46(60)53-49(7)27-32-15-12-16-33(25-32)34-19-20-37-36(26-34)41-42(45(63-9)43-35(17-13-23-52-43)44(41)56(37)11-2)48(5,6)30-64-58(62)39-18-14-24-57(54-39)47(49)61/h10,12-13,15-17,19-20,23,25-26,31,38-39,42,45,54H,1,11,14,18,21-22,24,27-30H2,2-9H3/p+1/t38-,39-,42?,45+,49?,50+/m1/s1. The molecule has 65 heavy (non-hydrogen) atoms. The number of rotatable bonds is 7. The molecule has 344 valence electrons. The number of ether oxygens (including phenoxy) is 2. The van der Waals surface area contributed by atoms with E-state index in [1.165, 1.54) is 11.1 Å². The molecule has 6 atom stereocenters. The van der Waals surface area contributed by atoms with Gasteiger partial charge < -0.3 is 24.3 Å². The molecule has 3 fully saturated rings. The average molecular weight is 887 g/mol. The summed E-state index contributed by atoms with van der Waals surface area (Å²) < 4.78 is 15.5. The molecule has 14 heteroatoms. The first kappa shape index (κ1) is 44.7. The van der Waals surface area contributed by atoms with Crippen LogP contribution >= 0.6 is 0 Å². The van der Waals surface area contributed by atoms with E-state index >= 15 is 9.59 Å². The van der Waals surface area contributed by atoms with Crippen molar-refractivity contribution in [2.45, 2.75) is 123 Å². The highest BCUT2D eigenvalue weighted by molar-refractivity contribution is 5.97. The molecule has 3 amide bonds. The zero-order chi connectivity index (χ0) is 46.2. The Labute approximate surface area is 381 Å². The zero-order valence-corrected chi connectivity index (χ0v) is 39.1. The Morgan fingerprint density at radius 3 is 2.60 bits per heavy atom. The van der Waals surface area contributed by atoms with Crippen LogP contribution in [0.5, 0.6) is 0 Å². The van der Waals surface area contributed by atoms with Crippen LogP contribution < -0.4 is 10.7 Å². The van der Waals surface area contributed by atoms with E-state index in [2.05, 4.69) is 79.1 Å². The van der Waals surface area contributed by atoms with Crippen LogP contribution in [-0.4, -0.2) is 98.9 Å². The van der Waals surface area contributed by atoms with E-state index in [0.717, 1.165) is 63.1 Å². The lowest BCUT2D eigenvalue weighted by molar-refractivity contribution is -0.835. The predicted octanol–water partition coefficient (Wildman–Crippen LogP) is 7.40. The van der Waals surface area contributed by atoms with Crippen molar-refractivity contribution in [3.05, 3.63) is 95.2 Å². The van der Waals surface area contributed by atoms with Gasteiger partial charge in [-0.2, -0.15) is 5.43 Å². The monoisotopic (exact) mass is 886 g/mol. The van der Waals surface area contributed by atoms with Gasteiger partial charge in [-0.3, -0.25) is 24.4 Å². The second-order valence-corrected chi connectivity index (χ2v) is 20.4. The molecule has 1 spiro atoms. The Hall–Kier alpha value is -5.44. The Kier molecular flexibility index (Phi) is 11.3. The molecule has 1 aliphatic carbocycles. The molecule has 2 aromatic carbocycles. The number of fused-ring (bicyclic) bond motifs is 8. The molecular weight excluding hydrogens is 823 g/mol. The summed E-state index contributed by atoms with van der Waals surface area (Å²) >= 11 is 0. The van der Waals surface area contributed by atoms with Crippen molar-refractivity contribution in [3.8, 4) is 22.4 Å². The third-order valence-corrected chi connectivity index (χ3v) is 15.5. The second-order valence-electron chi connectivity index (χ2n) is 20.4. The van der Waals surface area contributed by atoms with Crippen molar-refractivity contribution in [2.75, 3.05) is 33.4 Å². The van der Waals surface area contributed by atoms with Crippen LogP contribution in [0.2, 0.25) is 0 Å². The molecule has 6 bridgehead atoms. The van der Waals surface area contributed by atoms with Gasteiger partial charge in [0.1, 0.15) is 17.2 Å². The van der Waals surface area contributed by atoms with Crippen molar-refractivity contribution in [1.82, 2.24) is 30.2 Å². The molecule has 2 aromatic heterocycles. The number of methoxy groups -OCH3 is 1. The van der Waals surface area contributed by atoms with Gasteiger partial charge in [0.15, 0.2) is 6.61 Å². The minimum absolute atomic E-state index is 0.0595. The summed E-state index contributed by atoms with van der Waals surface area (Å²) in [4.78, 5) is 70.1. The number of nitrogens with zero attached hydrogens (tertiary/aromatic N) is 5. The van der Waals surface area contributed by atoms with Crippen molar-refractivity contribution < 1.29 is 33.6 Å². The summed E-state index contributed by atoms with van der Waals surface area (Å²) in [5, 5.41) is 5.87. The summed E-state index contributed by atoms with van der Waals surface area (Å²) in [5.41, 5.74) is 7.60. The molecule has 0 saturated carbocycles. The normalized spacial score (nSPS) is 26.8. The summed E-state index contributed by atoms with van der Waals surface area (Å²) in [5.74, 6) is -1.19. The highest BCUT2D eigenvalue weighted by atomic mass is 16.8. The fraction of sp³-hybridized carbons (Fsp3) is 0.529. The quantitative estimate of drug-likeness (QED) is 0.181. The minimum Gasteiger partial charge on any atom is -0.374 e. The van der Waals surface area contributed by atoms with E-state index in [1.807, 2.05) is 45.2 Å². The topological polar surface area (TPSA) is 147 Å². The first-order valence-electron chi connectivity index (χ1n) is 23.3. The van der Waals surface area contributed by atoms with Gasteiger partial charge in [0.05, 0.1) is 40.9 Å². The van der Waals surface area contributed by atoms with Crippen molar-refractivity contribution >= 4 is 28.6 Å². The molecule has 4 aromatic rings. The zero-order valence-electron chi connectivity index (χ0n) is 39.1. The highest BCUT2D eigenvalue weighted by Gasteiger charge is 2.58. The number of benzene rings is 2. The van der Waals surface area contributed by atoms with Gasteiger partial charge in [-0.05, 0) is 98.5 Å². The lowest BCUT2D eigenvalue weighted by Crippen LogP contribution is -2.67. The van der Waals surface area contributed by atoms with Gasteiger partial charge in [-0.25, -0.2) is 4.84 Å². The molecule has 4 aliphatic heterocycles. The smallest absolute Gasteiger partial charge is 0.326 e. The van der Waals surface area contributed by atoms with Crippen LogP contribution in [0.3, 0.4) is 0 Å². The third-order valence-electron chi connectivity index (χ3n) is 15.5. The predicted molar refractivity (Wildman–Crippen MR) is 247 cm³/mol. The first-order valence-corrected chi connectivity index (χ1v) is 23.3. The fourth-order valence-corrected chi connectivity index (χ4v) is 11.5. The fourth-order valence-electron chi connectivity index (χ4n) is 11.5. The average Bonchev–Trinajstić information content (AvgIpc) is 3.89. The van der Waals surface area contributed by atoms with Gasteiger partial charge in [-0.1, -0.05) is 64.6 Å². The highest BCUT2D eigenvalue weighted by Crippen LogP contribution is 2.57. The van der Waals surface area contributed by atoms with E-state index in [0.29, 0.717) is 43.8 Å². The molecule has 14 nitrogen and oxygen atoms in total. The van der Waals surface area contributed by atoms with Gasteiger partial charge in [0.25, 0.3) is 5.91 Å².